The van der Waals surface area contributed by atoms with E-state index in [0.717, 1.165) is 11.6 Å². The van der Waals surface area contributed by atoms with Crippen molar-refractivity contribution in [2.75, 3.05) is 6.54 Å². The first-order valence-corrected chi connectivity index (χ1v) is 8.14. The van der Waals surface area contributed by atoms with Gasteiger partial charge < -0.3 is 10.1 Å². The summed E-state index contributed by atoms with van der Waals surface area (Å²) in [6, 6.07) is 13.0. The maximum Gasteiger partial charge on any atom is 0.325 e. The highest BCUT2D eigenvalue weighted by Gasteiger charge is 2.13. The Morgan fingerprint density at radius 2 is 1.85 bits per heavy atom. The highest BCUT2D eigenvalue weighted by atomic mass is 16.6. The monoisotopic (exact) mass is 356 g/mol. The number of benzene rings is 2. The van der Waals surface area contributed by atoms with E-state index in [1.54, 1.807) is 0 Å². The van der Waals surface area contributed by atoms with Crippen LogP contribution in [0.5, 0.6) is 0 Å². The number of ether oxygens (including phenoxy) is 1. The molecule has 2 aromatic rings. The van der Waals surface area contributed by atoms with Crippen molar-refractivity contribution >= 4 is 17.6 Å². The van der Waals surface area contributed by atoms with Crippen molar-refractivity contribution in [2.24, 2.45) is 0 Å². The molecule has 0 saturated heterocycles. The number of amides is 1. The highest BCUT2D eigenvalue weighted by molar-refractivity contribution is 5.96. The summed E-state index contributed by atoms with van der Waals surface area (Å²) in [6.07, 6.45) is 0. The van der Waals surface area contributed by atoms with Gasteiger partial charge in [0.05, 0.1) is 4.92 Å². The van der Waals surface area contributed by atoms with E-state index in [1.807, 2.05) is 24.3 Å². The molecule has 1 amide bonds. The summed E-state index contributed by atoms with van der Waals surface area (Å²) in [5.41, 5.74) is 1.97. The van der Waals surface area contributed by atoms with Gasteiger partial charge in [-0.2, -0.15) is 0 Å². The minimum absolute atomic E-state index is 0.108. The molecule has 1 N–H and O–H groups in total. The third-order valence-corrected chi connectivity index (χ3v) is 3.76. The second-order valence-corrected chi connectivity index (χ2v) is 6.05. The number of nitro groups is 1. The van der Waals surface area contributed by atoms with Crippen LogP contribution < -0.4 is 5.32 Å². The summed E-state index contributed by atoms with van der Waals surface area (Å²) >= 11 is 0. The Morgan fingerprint density at radius 3 is 2.46 bits per heavy atom. The van der Waals surface area contributed by atoms with Gasteiger partial charge in [0, 0.05) is 17.7 Å². The molecule has 0 aliphatic heterocycles. The summed E-state index contributed by atoms with van der Waals surface area (Å²) in [5.74, 6) is -0.737. The number of nitrogens with zero attached hydrogens (tertiary/aromatic N) is 1. The minimum atomic E-state index is -0.588. The molecular formula is C19H20N2O5. The Balaban J connectivity index is 1.82. The Hall–Kier alpha value is -3.22. The normalized spacial score (nSPS) is 10.4. The van der Waals surface area contributed by atoms with Crippen molar-refractivity contribution in [1.82, 2.24) is 5.32 Å². The second-order valence-electron chi connectivity index (χ2n) is 6.05. The third kappa shape index (κ3) is 5.41. The molecule has 0 fully saturated rings. The van der Waals surface area contributed by atoms with Crippen LogP contribution in [-0.2, 0) is 16.1 Å². The topological polar surface area (TPSA) is 98.5 Å². The quantitative estimate of drug-likeness (QED) is 0.467. The van der Waals surface area contributed by atoms with Crippen LogP contribution in [0.4, 0.5) is 5.69 Å². The van der Waals surface area contributed by atoms with Gasteiger partial charge in [-0.3, -0.25) is 19.7 Å². The third-order valence-electron chi connectivity index (χ3n) is 3.76. The van der Waals surface area contributed by atoms with Gasteiger partial charge >= 0.3 is 5.97 Å². The summed E-state index contributed by atoms with van der Waals surface area (Å²) in [7, 11) is 0. The van der Waals surface area contributed by atoms with Crippen LogP contribution in [0.25, 0.3) is 0 Å². The standard InChI is InChI=1S/C19H20N2O5/c1-13(2)15-8-6-14(7-9-15)12-26-18(22)11-20-19(23)16-4-3-5-17(10-16)21(24)25/h3-10,13H,11-12H2,1-2H3,(H,20,23). The van der Waals surface area contributed by atoms with Crippen LogP contribution in [0.1, 0.15) is 41.3 Å². The fourth-order valence-electron chi connectivity index (χ4n) is 2.23. The fraction of sp³-hybridized carbons (Fsp3) is 0.263. The Kier molecular flexibility index (Phi) is 6.43. The van der Waals surface area contributed by atoms with Crippen molar-refractivity contribution < 1.29 is 19.2 Å². The van der Waals surface area contributed by atoms with Crippen molar-refractivity contribution in [3.05, 3.63) is 75.3 Å². The van der Waals surface area contributed by atoms with Gasteiger partial charge in [-0.25, -0.2) is 0 Å². The zero-order valence-corrected chi connectivity index (χ0v) is 14.6. The van der Waals surface area contributed by atoms with Gasteiger partial charge in [-0.15, -0.1) is 0 Å². The Morgan fingerprint density at radius 1 is 1.15 bits per heavy atom. The maximum atomic E-state index is 12.0. The number of nitro benzene ring substituents is 1. The van der Waals surface area contributed by atoms with Crippen molar-refractivity contribution in [2.45, 2.75) is 26.4 Å². The van der Waals surface area contributed by atoms with Crippen LogP contribution in [0.2, 0.25) is 0 Å². The van der Waals surface area contributed by atoms with E-state index >= 15 is 0 Å². The van der Waals surface area contributed by atoms with E-state index in [1.165, 1.54) is 23.8 Å². The van der Waals surface area contributed by atoms with Gasteiger partial charge in [0.2, 0.25) is 0 Å². The molecule has 0 aliphatic rings. The van der Waals surface area contributed by atoms with Crippen LogP contribution >= 0.6 is 0 Å². The second kappa shape index (κ2) is 8.75. The molecule has 7 nitrogen and oxygen atoms in total. The zero-order chi connectivity index (χ0) is 19.1. The fourth-order valence-corrected chi connectivity index (χ4v) is 2.23. The molecule has 0 aromatic heterocycles. The molecule has 136 valence electrons. The van der Waals surface area contributed by atoms with Crippen molar-refractivity contribution in [3.8, 4) is 0 Å². The number of hydrogen-bond donors (Lipinski definition) is 1. The SMILES string of the molecule is CC(C)c1ccc(COC(=O)CNC(=O)c2cccc([N+](=O)[O-])c2)cc1. The van der Waals surface area contributed by atoms with Gasteiger partial charge in [-0.05, 0) is 23.1 Å². The van der Waals surface area contributed by atoms with Gasteiger partial charge in [0.15, 0.2) is 0 Å². The lowest BCUT2D eigenvalue weighted by Crippen LogP contribution is -2.30. The van der Waals surface area contributed by atoms with Gasteiger partial charge in [0.1, 0.15) is 13.2 Å². The molecule has 0 spiro atoms. The average molecular weight is 356 g/mol. The van der Waals surface area contributed by atoms with E-state index in [2.05, 4.69) is 19.2 Å². The molecular weight excluding hydrogens is 336 g/mol. The summed E-state index contributed by atoms with van der Waals surface area (Å²) in [4.78, 5) is 33.8. The van der Waals surface area contributed by atoms with E-state index in [4.69, 9.17) is 4.74 Å². The van der Waals surface area contributed by atoms with Crippen molar-refractivity contribution in [1.29, 1.82) is 0 Å². The van der Waals surface area contributed by atoms with Gasteiger partial charge in [-0.1, -0.05) is 44.2 Å². The predicted molar refractivity (Wildman–Crippen MR) is 95.8 cm³/mol. The van der Waals surface area contributed by atoms with E-state index < -0.39 is 16.8 Å². The first kappa shape index (κ1) is 19.1. The lowest BCUT2D eigenvalue weighted by Gasteiger charge is -2.09. The number of hydrogen-bond acceptors (Lipinski definition) is 5. The minimum Gasteiger partial charge on any atom is -0.460 e. The molecule has 0 atom stereocenters. The molecule has 0 unspecified atom stereocenters. The largest absolute Gasteiger partial charge is 0.460 e. The van der Waals surface area contributed by atoms with E-state index in [0.29, 0.717) is 5.92 Å². The molecule has 0 saturated carbocycles. The Labute approximate surface area is 151 Å². The van der Waals surface area contributed by atoms with Crippen molar-refractivity contribution in [3.63, 3.8) is 0 Å². The lowest BCUT2D eigenvalue weighted by atomic mass is 10.0. The molecule has 2 aromatic carbocycles. The van der Waals surface area contributed by atoms with Crippen LogP contribution in [0, 0.1) is 10.1 Å². The zero-order valence-electron chi connectivity index (χ0n) is 14.6. The molecule has 0 radical (unpaired) electrons. The molecule has 2 rings (SSSR count). The number of carbonyl (C=O) groups is 2. The van der Waals surface area contributed by atoms with Gasteiger partial charge in [0.25, 0.3) is 11.6 Å². The first-order valence-electron chi connectivity index (χ1n) is 8.14. The maximum absolute atomic E-state index is 12.0. The smallest absolute Gasteiger partial charge is 0.325 e. The number of esters is 1. The van der Waals surface area contributed by atoms with E-state index in [-0.39, 0.29) is 24.4 Å². The lowest BCUT2D eigenvalue weighted by molar-refractivity contribution is -0.384. The number of non-ortho nitro benzene ring substituents is 1. The highest BCUT2D eigenvalue weighted by Crippen LogP contribution is 2.15. The number of carbonyl (C=O) groups excluding carboxylic acids is 2. The Bertz CT molecular complexity index is 800. The average Bonchev–Trinajstić information content (AvgIpc) is 2.64. The molecule has 0 bridgehead atoms. The molecule has 26 heavy (non-hydrogen) atoms. The van der Waals surface area contributed by atoms with Crippen LogP contribution in [-0.4, -0.2) is 23.3 Å². The summed E-state index contributed by atoms with van der Waals surface area (Å²) in [5, 5.41) is 13.1. The number of rotatable bonds is 7. The first-order chi connectivity index (χ1) is 12.4. The molecule has 7 heteroatoms. The molecule has 0 aliphatic carbocycles. The summed E-state index contributed by atoms with van der Waals surface area (Å²) < 4.78 is 5.11. The summed E-state index contributed by atoms with van der Waals surface area (Å²) in [6.45, 7) is 3.99. The molecule has 0 heterocycles. The van der Waals surface area contributed by atoms with Crippen LogP contribution in [0.15, 0.2) is 48.5 Å². The van der Waals surface area contributed by atoms with Crippen LogP contribution in [0.3, 0.4) is 0 Å². The van der Waals surface area contributed by atoms with E-state index in [9.17, 15) is 19.7 Å². The predicted octanol–water partition coefficient (Wildman–Crippen LogP) is 3.19. The number of nitrogens with one attached hydrogen (secondary N) is 1.